The standard InChI is InChI=1S/C10H13FN2O2/c1-13(2)10(14)12-8-5-4-7(11)6-9(8)15-3/h4-6H,1-3H3,(H,12,14). The Labute approximate surface area is 87.6 Å². The van der Waals surface area contributed by atoms with Gasteiger partial charge in [-0.3, -0.25) is 0 Å². The van der Waals surface area contributed by atoms with E-state index in [0.29, 0.717) is 11.4 Å². The van der Waals surface area contributed by atoms with Crippen LogP contribution in [0.15, 0.2) is 18.2 Å². The van der Waals surface area contributed by atoms with E-state index in [0.717, 1.165) is 0 Å². The molecule has 0 saturated carbocycles. The molecule has 0 aliphatic rings. The van der Waals surface area contributed by atoms with Crippen LogP contribution in [0.4, 0.5) is 14.9 Å². The third kappa shape index (κ3) is 2.83. The van der Waals surface area contributed by atoms with E-state index >= 15 is 0 Å². The van der Waals surface area contributed by atoms with Gasteiger partial charge in [0.1, 0.15) is 11.6 Å². The van der Waals surface area contributed by atoms with E-state index in [1.807, 2.05) is 0 Å². The first kappa shape index (κ1) is 11.3. The van der Waals surface area contributed by atoms with Crippen molar-refractivity contribution in [3.63, 3.8) is 0 Å². The van der Waals surface area contributed by atoms with Crippen molar-refractivity contribution in [1.29, 1.82) is 0 Å². The van der Waals surface area contributed by atoms with Crippen molar-refractivity contribution in [2.75, 3.05) is 26.5 Å². The Bertz CT molecular complexity index is 366. The van der Waals surface area contributed by atoms with Gasteiger partial charge in [-0.15, -0.1) is 0 Å². The van der Waals surface area contributed by atoms with Crippen molar-refractivity contribution in [2.45, 2.75) is 0 Å². The molecule has 0 saturated heterocycles. The van der Waals surface area contributed by atoms with Gasteiger partial charge in [-0.2, -0.15) is 0 Å². The molecule has 0 bridgehead atoms. The minimum Gasteiger partial charge on any atom is -0.494 e. The first-order chi connectivity index (χ1) is 7.04. The topological polar surface area (TPSA) is 41.6 Å². The van der Waals surface area contributed by atoms with E-state index < -0.39 is 5.82 Å². The van der Waals surface area contributed by atoms with Gasteiger partial charge < -0.3 is 15.0 Å². The molecule has 4 nitrogen and oxygen atoms in total. The Morgan fingerprint density at radius 1 is 1.47 bits per heavy atom. The van der Waals surface area contributed by atoms with Crippen LogP contribution in [0.3, 0.4) is 0 Å². The van der Waals surface area contributed by atoms with Crippen molar-refractivity contribution in [1.82, 2.24) is 4.90 Å². The third-order valence-corrected chi connectivity index (χ3v) is 1.81. The number of urea groups is 1. The normalized spacial score (nSPS) is 9.60. The molecule has 1 aromatic carbocycles. The molecule has 0 fully saturated rings. The Balaban J connectivity index is 2.89. The van der Waals surface area contributed by atoms with Gasteiger partial charge in [0.25, 0.3) is 0 Å². The van der Waals surface area contributed by atoms with E-state index in [-0.39, 0.29) is 6.03 Å². The fourth-order valence-electron chi connectivity index (χ4n) is 0.995. The number of halogens is 1. The summed E-state index contributed by atoms with van der Waals surface area (Å²) in [5, 5.41) is 2.58. The summed E-state index contributed by atoms with van der Waals surface area (Å²) in [5.74, 6) is -0.111. The molecule has 1 rings (SSSR count). The smallest absolute Gasteiger partial charge is 0.321 e. The maximum Gasteiger partial charge on any atom is 0.321 e. The summed E-state index contributed by atoms with van der Waals surface area (Å²) in [5.41, 5.74) is 0.442. The van der Waals surface area contributed by atoms with Crippen LogP contribution in [-0.2, 0) is 0 Å². The van der Waals surface area contributed by atoms with E-state index in [9.17, 15) is 9.18 Å². The summed E-state index contributed by atoms with van der Waals surface area (Å²) < 4.78 is 17.8. The number of hydrogen-bond acceptors (Lipinski definition) is 2. The molecular weight excluding hydrogens is 199 g/mol. The number of rotatable bonds is 2. The van der Waals surface area contributed by atoms with E-state index in [1.54, 1.807) is 14.1 Å². The lowest BCUT2D eigenvalue weighted by Crippen LogP contribution is -2.27. The number of anilines is 1. The molecule has 0 unspecified atom stereocenters. The van der Waals surface area contributed by atoms with Crippen LogP contribution in [0.25, 0.3) is 0 Å². The Morgan fingerprint density at radius 2 is 2.13 bits per heavy atom. The van der Waals surface area contributed by atoms with Crippen LogP contribution < -0.4 is 10.1 Å². The molecule has 0 aliphatic carbocycles. The van der Waals surface area contributed by atoms with Crippen LogP contribution >= 0.6 is 0 Å². The molecule has 0 heterocycles. The van der Waals surface area contributed by atoms with Gasteiger partial charge >= 0.3 is 6.03 Å². The number of nitrogens with one attached hydrogen (secondary N) is 1. The van der Waals surface area contributed by atoms with E-state index in [2.05, 4.69) is 5.32 Å². The highest BCUT2D eigenvalue weighted by molar-refractivity contribution is 5.90. The van der Waals surface area contributed by atoms with Gasteiger partial charge in [0, 0.05) is 20.2 Å². The summed E-state index contributed by atoms with van der Waals surface area (Å²) in [6.45, 7) is 0. The number of ether oxygens (including phenoxy) is 1. The molecule has 2 amide bonds. The van der Waals surface area contributed by atoms with Crippen molar-refractivity contribution in [3.8, 4) is 5.75 Å². The van der Waals surface area contributed by atoms with Crippen molar-refractivity contribution in [2.24, 2.45) is 0 Å². The van der Waals surface area contributed by atoms with E-state index in [1.165, 1.54) is 30.2 Å². The average Bonchev–Trinajstić information content (AvgIpc) is 2.20. The molecule has 0 aromatic heterocycles. The van der Waals surface area contributed by atoms with Crippen LogP contribution in [-0.4, -0.2) is 32.1 Å². The van der Waals surface area contributed by atoms with E-state index in [4.69, 9.17) is 4.74 Å². The molecular formula is C10H13FN2O2. The van der Waals surface area contributed by atoms with Gasteiger partial charge in [0.2, 0.25) is 0 Å². The molecule has 0 aliphatic heterocycles. The molecule has 5 heteroatoms. The highest BCUT2D eigenvalue weighted by Crippen LogP contribution is 2.24. The second kappa shape index (κ2) is 4.63. The second-order valence-electron chi connectivity index (χ2n) is 3.17. The maximum absolute atomic E-state index is 12.8. The molecule has 82 valence electrons. The third-order valence-electron chi connectivity index (χ3n) is 1.81. The number of benzene rings is 1. The van der Waals surface area contributed by atoms with Gasteiger partial charge in [-0.1, -0.05) is 0 Å². The second-order valence-corrected chi connectivity index (χ2v) is 3.17. The van der Waals surface area contributed by atoms with Gasteiger partial charge in [-0.05, 0) is 12.1 Å². The zero-order valence-corrected chi connectivity index (χ0v) is 8.87. The maximum atomic E-state index is 12.8. The first-order valence-electron chi connectivity index (χ1n) is 4.36. The van der Waals surface area contributed by atoms with Crippen molar-refractivity contribution >= 4 is 11.7 Å². The summed E-state index contributed by atoms with van der Waals surface area (Å²) in [4.78, 5) is 12.7. The fourth-order valence-corrected chi connectivity index (χ4v) is 0.995. The quantitative estimate of drug-likeness (QED) is 0.813. The Kier molecular flexibility index (Phi) is 3.49. The van der Waals surface area contributed by atoms with Crippen molar-refractivity contribution < 1.29 is 13.9 Å². The number of nitrogens with zero attached hydrogens (tertiary/aromatic N) is 1. The fraction of sp³-hybridized carbons (Fsp3) is 0.300. The van der Waals surface area contributed by atoms with Crippen LogP contribution in [0, 0.1) is 5.82 Å². The minimum atomic E-state index is -0.408. The SMILES string of the molecule is COc1cc(F)ccc1NC(=O)N(C)C. The van der Waals surface area contributed by atoms with Crippen molar-refractivity contribution in [3.05, 3.63) is 24.0 Å². The predicted molar refractivity (Wildman–Crippen MR) is 55.7 cm³/mol. The summed E-state index contributed by atoms with van der Waals surface area (Å²) in [6.07, 6.45) is 0. The zero-order valence-electron chi connectivity index (χ0n) is 8.87. The molecule has 0 spiro atoms. The average molecular weight is 212 g/mol. The van der Waals surface area contributed by atoms with Gasteiger partial charge in [0.05, 0.1) is 12.8 Å². The number of methoxy groups -OCH3 is 1. The molecule has 15 heavy (non-hydrogen) atoms. The molecule has 1 N–H and O–H groups in total. The number of amides is 2. The summed E-state index contributed by atoms with van der Waals surface area (Å²) in [6, 6.07) is 3.63. The number of carbonyl (C=O) groups is 1. The molecule has 0 atom stereocenters. The van der Waals surface area contributed by atoms with Crippen LogP contribution in [0.2, 0.25) is 0 Å². The summed E-state index contributed by atoms with van der Waals surface area (Å²) >= 11 is 0. The molecule has 0 radical (unpaired) electrons. The van der Waals surface area contributed by atoms with Gasteiger partial charge in [0.15, 0.2) is 0 Å². The largest absolute Gasteiger partial charge is 0.494 e. The van der Waals surface area contributed by atoms with Gasteiger partial charge in [-0.25, -0.2) is 9.18 Å². The predicted octanol–water partition coefficient (Wildman–Crippen LogP) is 1.93. The van der Waals surface area contributed by atoms with Crippen LogP contribution in [0.5, 0.6) is 5.75 Å². The lowest BCUT2D eigenvalue weighted by atomic mass is 10.3. The molecule has 1 aromatic rings. The highest BCUT2D eigenvalue weighted by atomic mass is 19.1. The highest BCUT2D eigenvalue weighted by Gasteiger charge is 2.09. The lowest BCUT2D eigenvalue weighted by Gasteiger charge is -2.14. The number of carbonyl (C=O) groups excluding carboxylic acids is 1. The Morgan fingerprint density at radius 3 is 2.67 bits per heavy atom. The lowest BCUT2D eigenvalue weighted by molar-refractivity contribution is 0.230. The Hall–Kier alpha value is -1.78. The first-order valence-corrected chi connectivity index (χ1v) is 4.36. The monoisotopic (exact) mass is 212 g/mol. The number of hydrogen-bond donors (Lipinski definition) is 1. The van der Waals surface area contributed by atoms with Crippen LogP contribution in [0.1, 0.15) is 0 Å². The zero-order chi connectivity index (χ0) is 11.4. The summed E-state index contributed by atoms with van der Waals surface area (Å²) in [7, 11) is 4.65. The minimum absolute atomic E-state index is 0.292.